The third-order valence-electron chi connectivity index (χ3n) is 10.7. The summed E-state index contributed by atoms with van der Waals surface area (Å²) in [6.45, 7) is 4.88. The van der Waals surface area contributed by atoms with E-state index in [-0.39, 0.29) is 0 Å². The minimum Gasteiger partial charge on any atom is -0.398 e. The van der Waals surface area contributed by atoms with Crippen molar-refractivity contribution in [2.24, 2.45) is 10.7 Å². The second-order valence-electron chi connectivity index (χ2n) is 14.2. The minimum absolute atomic E-state index is 0.573. The van der Waals surface area contributed by atoms with E-state index < -0.39 is 0 Å². The van der Waals surface area contributed by atoms with Crippen molar-refractivity contribution < 1.29 is 0 Å². The maximum atomic E-state index is 6.82. The van der Waals surface area contributed by atoms with E-state index in [0.717, 1.165) is 72.7 Å². The van der Waals surface area contributed by atoms with Crippen LogP contribution in [0.5, 0.6) is 0 Å². The number of hydrogen-bond acceptors (Lipinski definition) is 3. The number of nitrogens with two attached hydrogens (primary N) is 2. The molecule has 0 aliphatic rings. The van der Waals surface area contributed by atoms with Crippen LogP contribution in [-0.2, 0) is 6.54 Å². The van der Waals surface area contributed by atoms with Crippen LogP contribution in [0.25, 0.3) is 60.9 Å². The topological polar surface area (TPSA) is 74.3 Å². The molecule has 5 nitrogen and oxygen atoms in total. The molecule has 0 spiro atoms. The Balaban J connectivity index is 1.15. The molecule has 0 fully saturated rings. The van der Waals surface area contributed by atoms with Gasteiger partial charge >= 0.3 is 0 Å². The first-order valence-corrected chi connectivity index (χ1v) is 18.7. The quantitative estimate of drug-likeness (QED) is 0.122. The van der Waals surface area contributed by atoms with Crippen molar-refractivity contribution in [1.82, 2.24) is 9.13 Å². The molecule has 0 aliphatic heterocycles. The molecule has 0 unspecified atom stereocenters. The lowest BCUT2D eigenvalue weighted by atomic mass is 9.97. The monoisotopic (exact) mass is 711 g/mol. The molecule has 55 heavy (non-hydrogen) atoms. The molecule has 7 aromatic carbocycles. The van der Waals surface area contributed by atoms with Gasteiger partial charge in [-0.25, -0.2) is 0 Å². The zero-order valence-electron chi connectivity index (χ0n) is 30.9. The van der Waals surface area contributed by atoms with Gasteiger partial charge in [-0.2, -0.15) is 0 Å². The Morgan fingerprint density at radius 3 is 2.15 bits per heavy atom. The molecule has 0 radical (unpaired) electrons. The predicted molar refractivity (Wildman–Crippen MR) is 232 cm³/mol. The van der Waals surface area contributed by atoms with E-state index in [0.29, 0.717) is 12.2 Å². The molecule has 9 rings (SSSR count). The van der Waals surface area contributed by atoms with Crippen LogP contribution in [0.15, 0.2) is 181 Å². The van der Waals surface area contributed by atoms with Gasteiger partial charge < -0.3 is 20.6 Å². The number of para-hydroxylation sites is 2. The molecular formula is C50H41N5. The van der Waals surface area contributed by atoms with Crippen molar-refractivity contribution in [2.45, 2.75) is 20.4 Å². The number of aryl methyl sites for hydroxylation is 1. The normalized spacial score (nSPS) is 12.3. The van der Waals surface area contributed by atoms with Gasteiger partial charge in [-0.15, -0.1) is 0 Å². The standard InChI is InChI=1S/C50H41N5/c1-33-29-43-41-18-9-10-22-47(41)55(49(43)31-48(33)54-28-27-38-17-11-20-42(50(38)54)40-19-12-21-44(51)34(40)2)39-25-23-36(24-26-39)45(52)30-46(37-15-7-4-8-16-37)53-32-35-13-5-3-6-14-35/h3-31H,32,51-52H2,1-2H3/b45-30-,53-46?. The van der Waals surface area contributed by atoms with Crippen LogP contribution >= 0.6 is 0 Å². The fourth-order valence-electron chi connectivity index (χ4n) is 7.83. The van der Waals surface area contributed by atoms with Gasteiger partial charge in [-0.1, -0.05) is 121 Å². The molecule has 0 aliphatic carbocycles. The lowest BCUT2D eigenvalue weighted by Gasteiger charge is -2.16. The van der Waals surface area contributed by atoms with Gasteiger partial charge in [0.25, 0.3) is 0 Å². The van der Waals surface area contributed by atoms with Crippen molar-refractivity contribution in [3.63, 3.8) is 0 Å². The van der Waals surface area contributed by atoms with Gasteiger partial charge in [0, 0.05) is 45.0 Å². The second kappa shape index (κ2) is 14.0. The molecule has 0 saturated carbocycles. The molecule has 0 bridgehead atoms. The van der Waals surface area contributed by atoms with Crippen LogP contribution < -0.4 is 11.5 Å². The summed E-state index contributed by atoms with van der Waals surface area (Å²) in [5.41, 5.74) is 28.9. The zero-order chi connectivity index (χ0) is 37.5. The van der Waals surface area contributed by atoms with E-state index in [4.69, 9.17) is 16.5 Å². The van der Waals surface area contributed by atoms with E-state index in [1.807, 2.05) is 54.6 Å². The van der Waals surface area contributed by atoms with E-state index in [1.54, 1.807) is 0 Å². The molecule has 4 N–H and O–H groups in total. The van der Waals surface area contributed by atoms with E-state index in [1.165, 1.54) is 21.7 Å². The van der Waals surface area contributed by atoms with Crippen molar-refractivity contribution in [2.75, 3.05) is 5.73 Å². The van der Waals surface area contributed by atoms with E-state index in [9.17, 15) is 0 Å². The highest BCUT2D eigenvalue weighted by Gasteiger charge is 2.18. The molecule has 266 valence electrons. The minimum atomic E-state index is 0.573. The summed E-state index contributed by atoms with van der Waals surface area (Å²) < 4.78 is 4.70. The number of allylic oxidation sites excluding steroid dienone is 1. The highest BCUT2D eigenvalue weighted by atomic mass is 15.0. The summed E-state index contributed by atoms with van der Waals surface area (Å²) in [6, 6.07) is 57.3. The Labute approximate surface area is 321 Å². The van der Waals surface area contributed by atoms with Gasteiger partial charge in [0.15, 0.2) is 0 Å². The average Bonchev–Trinajstić information content (AvgIpc) is 3.80. The fourth-order valence-corrected chi connectivity index (χ4v) is 7.83. The Kier molecular flexibility index (Phi) is 8.60. The van der Waals surface area contributed by atoms with Crippen LogP contribution in [0.1, 0.15) is 27.8 Å². The van der Waals surface area contributed by atoms with Gasteiger partial charge in [0.2, 0.25) is 0 Å². The summed E-state index contributed by atoms with van der Waals surface area (Å²) in [7, 11) is 0. The SMILES string of the molecule is Cc1cc2c3ccccc3n(-c3ccc(/C(N)=C/C(=NCc4ccccc4)c4ccccc4)cc3)c2cc1-n1ccc2cccc(-c3cccc(N)c3C)c21. The summed E-state index contributed by atoms with van der Waals surface area (Å²) in [6.07, 6.45) is 4.18. The predicted octanol–water partition coefficient (Wildman–Crippen LogP) is 11.6. The number of fused-ring (bicyclic) bond motifs is 4. The van der Waals surface area contributed by atoms with Crippen molar-refractivity contribution in [3.05, 3.63) is 204 Å². The highest BCUT2D eigenvalue weighted by Crippen LogP contribution is 2.39. The van der Waals surface area contributed by atoms with Gasteiger partial charge in [-0.05, 0) is 95.8 Å². The number of rotatable bonds is 8. The molecule has 0 atom stereocenters. The van der Waals surface area contributed by atoms with Crippen molar-refractivity contribution in [1.29, 1.82) is 0 Å². The number of benzene rings is 7. The number of nitrogens with zero attached hydrogens (tertiary/aromatic N) is 3. The Bertz CT molecular complexity index is 2910. The fraction of sp³-hybridized carbons (Fsp3) is 0.0600. The number of aliphatic imine (C=N–C) groups is 1. The third kappa shape index (κ3) is 6.16. The first kappa shape index (κ1) is 33.7. The van der Waals surface area contributed by atoms with Crippen LogP contribution in [0.2, 0.25) is 0 Å². The summed E-state index contributed by atoms with van der Waals surface area (Å²) >= 11 is 0. The van der Waals surface area contributed by atoms with E-state index in [2.05, 4.69) is 144 Å². The van der Waals surface area contributed by atoms with Crippen LogP contribution in [0.4, 0.5) is 5.69 Å². The first-order chi connectivity index (χ1) is 26.9. The third-order valence-corrected chi connectivity index (χ3v) is 10.7. The largest absolute Gasteiger partial charge is 0.398 e. The smallest absolute Gasteiger partial charge is 0.0671 e. The average molecular weight is 712 g/mol. The van der Waals surface area contributed by atoms with Gasteiger partial charge in [-0.3, -0.25) is 4.99 Å². The van der Waals surface area contributed by atoms with Crippen LogP contribution in [0.3, 0.4) is 0 Å². The number of anilines is 1. The van der Waals surface area contributed by atoms with Crippen LogP contribution in [0, 0.1) is 13.8 Å². The molecule has 0 amide bonds. The maximum Gasteiger partial charge on any atom is 0.0671 e. The number of aromatic nitrogens is 2. The number of hydrogen-bond donors (Lipinski definition) is 2. The number of nitrogen functional groups attached to an aromatic ring is 1. The highest BCUT2D eigenvalue weighted by molar-refractivity contribution is 6.12. The molecule has 2 heterocycles. The lowest BCUT2D eigenvalue weighted by Crippen LogP contribution is -2.05. The molecular weight excluding hydrogens is 671 g/mol. The summed E-state index contributed by atoms with van der Waals surface area (Å²) in [5, 5.41) is 3.61. The summed E-state index contributed by atoms with van der Waals surface area (Å²) in [5.74, 6) is 0. The molecule has 5 heteroatoms. The Morgan fingerprint density at radius 1 is 0.636 bits per heavy atom. The van der Waals surface area contributed by atoms with Crippen molar-refractivity contribution >= 4 is 49.8 Å². The lowest BCUT2D eigenvalue weighted by molar-refractivity contribution is 1.07. The molecule has 9 aromatic rings. The van der Waals surface area contributed by atoms with Gasteiger partial charge in [0.1, 0.15) is 0 Å². The Hall–Kier alpha value is -7.11. The van der Waals surface area contributed by atoms with Crippen molar-refractivity contribution in [3.8, 4) is 22.5 Å². The zero-order valence-corrected chi connectivity index (χ0v) is 30.9. The van der Waals surface area contributed by atoms with Crippen LogP contribution in [-0.4, -0.2) is 14.8 Å². The maximum absolute atomic E-state index is 6.82. The Morgan fingerprint density at radius 2 is 1.35 bits per heavy atom. The summed E-state index contributed by atoms with van der Waals surface area (Å²) in [4.78, 5) is 4.99. The van der Waals surface area contributed by atoms with Gasteiger partial charge in [0.05, 0.1) is 34.5 Å². The molecule has 2 aromatic heterocycles. The first-order valence-electron chi connectivity index (χ1n) is 18.7. The molecule has 0 saturated heterocycles. The second-order valence-corrected chi connectivity index (χ2v) is 14.2. The van der Waals surface area contributed by atoms with E-state index >= 15 is 0 Å².